The Labute approximate surface area is 175 Å². The molecular weight excluding hydrogens is 435 g/mol. The number of hydrogen-bond donors (Lipinski definition) is 3. The molecule has 3 aromatic rings. The van der Waals surface area contributed by atoms with Crippen LogP contribution in [0.1, 0.15) is 5.56 Å². The van der Waals surface area contributed by atoms with Crippen LogP contribution in [0.5, 0.6) is 5.88 Å². The molecule has 0 aliphatic carbocycles. The van der Waals surface area contributed by atoms with Gasteiger partial charge in [0.25, 0.3) is 17.0 Å². The standard InChI is InChI=1S/C18H12F3N7O4/c19-10-1-8(3-22)4-23-16(10)32-13-6-28(7-18(13,20)21)12-2-11(26-27-15(12)30)9-5-24-17(31)25-14(9)29/h1-2,4-5,13H,6-7H2,(H,27,30)(H2,24,25,29,31). The monoisotopic (exact) mass is 447 g/mol. The molecule has 1 saturated heterocycles. The highest BCUT2D eigenvalue weighted by Crippen LogP contribution is 2.33. The maximum atomic E-state index is 14.6. The third-order valence-electron chi connectivity index (χ3n) is 4.67. The molecule has 1 atom stereocenters. The number of nitriles is 1. The number of rotatable bonds is 4. The molecular formula is C18H12F3N7O4. The number of hydrogen-bond acceptors (Lipinski definition) is 8. The van der Waals surface area contributed by atoms with E-state index in [1.165, 1.54) is 0 Å². The second-order valence-corrected chi connectivity index (χ2v) is 6.82. The van der Waals surface area contributed by atoms with Crippen LogP contribution in [0.2, 0.25) is 0 Å². The lowest BCUT2D eigenvalue weighted by Gasteiger charge is -2.18. The smallest absolute Gasteiger partial charge is 0.325 e. The fourth-order valence-corrected chi connectivity index (χ4v) is 3.14. The quantitative estimate of drug-likeness (QED) is 0.508. The predicted molar refractivity (Wildman–Crippen MR) is 102 cm³/mol. The highest BCUT2D eigenvalue weighted by atomic mass is 19.3. The fraction of sp³-hybridized carbons (Fsp3) is 0.222. The largest absolute Gasteiger partial charge is 0.464 e. The van der Waals surface area contributed by atoms with E-state index in [0.29, 0.717) is 0 Å². The van der Waals surface area contributed by atoms with Crippen molar-refractivity contribution in [3.05, 3.63) is 67.1 Å². The third-order valence-corrected chi connectivity index (χ3v) is 4.67. The average molecular weight is 447 g/mol. The molecule has 0 saturated carbocycles. The molecule has 1 aliphatic heterocycles. The second kappa shape index (κ2) is 7.69. The molecule has 4 heterocycles. The van der Waals surface area contributed by atoms with Crippen molar-refractivity contribution in [2.75, 3.05) is 18.0 Å². The van der Waals surface area contributed by atoms with Gasteiger partial charge in [-0.2, -0.15) is 10.4 Å². The Morgan fingerprint density at radius 1 is 1.25 bits per heavy atom. The van der Waals surface area contributed by atoms with E-state index in [2.05, 4.69) is 20.2 Å². The summed E-state index contributed by atoms with van der Waals surface area (Å²) in [6.45, 7) is -1.45. The zero-order chi connectivity index (χ0) is 23.0. The van der Waals surface area contributed by atoms with Crippen LogP contribution < -0.4 is 26.4 Å². The normalized spacial score (nSPS) is 17.2. The van der Waals surface area contributed by atoms with E-state index < -0.39 is 53.6 Å². The molecule has 164 valence electrons. The van der Waals surface area contributed by atoms with E-state index in [0.717, 1.165) is 29.4 Å². The summed E-state index contributed by atoms with van der Waals surface area (Å²) in [6, 6.07) is 3.58. The number of halogens is 3. The van der Waals surface area contributed by atoms with Crippen molar-refractivity contribution in [2.45, 2.75) is 12.0 Å². The van der Waals surface area contributed by atoms with Gasteiger partial charge in [-0.3, -0.25) is 14.6 Å². The summed E-state index contributed by atoms with van der Waals surface area (Å²) < 4.78 is 48.2. The highest BCUT2D eigenvalue weighted by molar-refractivity contribution is 5.62. The summed E-state index contributed by atoms with van der Waals surface area (Å²) in [5, 5.41) is 14.6. The first-order valence-electron chi connectivity index (χ1n) is 8.95. The highest BCUT2D eigenvalue weighted by Gasteiger charge is 2.51. The number of anilines is 1. The van der Waals surface area contributed by atoms with E-state index in [4.69, 9.17) is 10.00 Å². The van der Waals surface area contributed by atoms with Gasteiger partial charge in [-0.25, -0.2) is 28.0 Å². The van der Waals surface area contributed by atoms with E-state index in [-0.39, 0.29) is 22.5 Å². The van der Waals surface area contributed by atoms with Crippen molar-refractivity contribution < 1.29 is 17.9 Å². The Kier molecular flexibility index (Phi) is 5.01. The van der Waals surface area contributed by atoms with Gasteiger partial charge in [0.05, 0.1) is 29.9 Å². The molecule has 14 heteroatoms. The molecule has 0 spiro atoms. The van der Waals surface area contributed by atoms with Crippen LogP contribution in [0.15, 0.2) is 38.9 Å². The molecule has 0 bridgehead atoms. The average Bonchev–Trinajstić information content (AvgIpc) is 3.04. The van der Waals surface area contributed by atoms with E-state index in [9.17, 15) is 27.6 Å². The van der Waals surface area contributed by atoms with Gasteiger partial charge >= 0.3 is 11.6 Å². The summed E-state index contributed by atoms with van der Waals surface area (Å²) in [5.41, 5.74) is -2.90. The maximum absolute atomic E-state index is 14.6. The first-order chi connectivity index (χ1) is 15.2. The van der Waals surface area contributed by atoms with Gasteiger partial charge in [0, 0.05) is 12.4 Å². The minimum Gasteiger partial charge on any atom is -0.464 e. The third kappa shape index (κ3) is 3.83. The second-order valence-electron chi connectivity index (χ2n) is 6.82. The van der Waals surface area contributed by atoms with Crippen LogP contribution >= 0.6 is 0 Å². The van der Waals surface area contributed by atoms with Crippen LogP contribution in [-0.4, -0.2) is 50.3 Å². The summed E-state index contributed by atoms with van der Waals surface area (Å²) in [6.07, 6.45) is 0.185. The number of nitrogens with one attached hydrogen (secondary N) is 3. The Balaban J connectivity index is 1.64. The van der Waals surface area contributed by atoms with Crippen LogP contribution in [0, 0.1) is 17.1 Å². The van der Waals surface area contributed by atoms with E-state index in [1.807, 2.05) is 4.98 Å². The maximum Gasteiger partial charge on any atom is 0.325 e. The van der Waals surface area contributed by atoms with Crippen molar-refractivity contribution in [1.82, 2.24) is 25.1 Å². The molecule has 0 radical (unpaired) electrons. The molecule has 4 rings (SSSR count). The topological polar surface area (TPSA) is 161 Å². The number of pyridine rings is 1. The number of aromatic amines is 3. The summed E-state index contributed by atoms with van der Waals surface area (Å²) in [7, 11) is 0. The van der Waals surface area contributed by atoms with Crippen molar-refractivity contribution >= 4 is 5.69 Å². The van der Waals surface area contributed by atoms with Crippen LogP contribution in [0.4, 0.5) is 18.9 Å². The van der Waals surface area contributed by atoms with E-state index in [1.54, 1.807) is 6.07 Å². The molecule has 1 fully saturated rings. The molecule has 1 aliphatic rings. The SMILES string of the molecule is N#Cc1cnc(OC2CN(c3cc(-c4c[nH]c(=O)[nH]c4=O)n[nH]c3=O)CC2(F)F)c(F)c1. The van der Waals surface area contributed by atoms with Gasteiger partial charge in [0.1, 0.15) is 11.8 Å². The molecule has 11 nitrogen and oxygen atoms in total. The molecule has 32 heavy (non-hydrogen) atoms. The number of nitrogens with zero attached hydrogens (tertiary/aromatic N) is 4. The van der Waals surface area contributed by atoms with Crippen molar-refractivity contribution in [3.63, 3.8) is 0 Å². The first-order valence-corrected chi connectivity index (χ1v) is 8.95. The van der Waals surface area contributed by atoms with Crippen molar-refractivity contribution in [3.8, 4) is 23.2 Å². The summed E-state index contributed by atoms with van der Waals surface area (Å²) in [5.74, 6) is -5.29. The molecule has 0 amide bonds. The fourth-order valence-electron chi connectivity index (χ4n) is 3.14. The van der Waals surface area contributed by atoms with Gasteiger partial charge in [0.2, 0.25) is 0 Å². The molecule has 1 unspecified atom stereocenters. The van der Waals surface area contributed by atoms with E-state index >= 15 is 0 Å². The Morgan fingerprint density at radius 3 is 2.72 bits per heavy atom. The lowest BCUT2D eigenvalue weighted by atomic mass is 10.2. The first kappa shape index (κ1) is 20.8. The van der Waals surface area contributed by atoms with Crippen LogP contribution in [0.25, 0.3) is 11.3 Å². The number of ether oxygens (including phenoxy) is 1. The zero-order valence-corrected chi connectivity index (χ0v) is 15.9. The minimum atomic E-state index is -3.49. The van der Waals surface area contributed by atoms with Gasteiger partial charge in [-0.1, -0.05) is 0 Å². The molecule has 3 N–H and O–H groups in total. The van der Waals surface area contributed by atoms with Gasteiger partial charge in [-0.15, -0.1) is 0 Å². The van der Waals surface area contributed by atoms with Gasteiger partial charge in [-0.05, 0) is 12.1 Å². The van der Waals surface area contributed by atoms with Crippen molar-refractivity contribution in [2.24, 2.45) is 0 Å². The number of H-pyrrole nitrogens is 3. The van der Waals surface area contributed by atoms with Crippen LogP contribution in [0.3, 0.4) is 0 Å². The number of alkyl halides is 2. The predicted octanol–water partition coefficient (Wildman–Crippen LogP) is 0.122. The molecule has 0 aromatic carbocycles. The number of aromatic nitrogens is 5. The zero-order valence-electron chi connectivity index (χ0n) is 15.9. The Bertz CT molecular complexity index is 1410. The molecule has 3 aromatic heterocycles. The lowest BCUT2D eigenvalue weighted by molar-refractivity contribution is -0.0620. The Morgan fingerprint density at radius 2 is 2.03 bits per heavy atom. The van der Waals surface area contributed by atoms with Crippen LogP contribution in [-0.2, 0) is 0 Å². The lowest BCUT2D eigenvalue weighted by Crippen LogP contribution is -2.36. The minimum absolute atomic E-state index is 0.0791. The summed E-state index contributed by atoms with van der Waals surface area (Å²) in [4.78, 5) is 44.2. The Hall–Kier alpha value is -4.41. The summed E-state index contributed by atoms with van der Waals surface area (Å²) >= 11 is 0. The van der Waals surface area contributed by atoms with Crippen molar-refractivity contribution in [1.29, 1.82) is 5.26 Å². The van der Waals surface area contributed by atoms with Gasteiger partial charge < -0.3 is 14.6 Å². The van der Waals surface area contributed by atoms with Gasteiger partial charge in [0.15, 0.2) is 11.9 Å².